The fourth-order valence-electron chi connectivity index (χ4n) is 2.85. The molecular formula is C16H23NO3. The summed E-state index contributed by atoms with van der Waals surface area (Å²) in [5.41, 5.74) is 2.35. The second-order valence-corrected chi connectivity index (χ2v) is 5.74. The lowest BCUT2D eigenvalue weighted by Gasteiger charge is -2.31. The Hall–Kier alpha value is -1.55. The average Bonchev–Trinajstić information content (AvgIpc) is 2.43. The van der Waals surface area contributed by atoms with E-state index in [1.807, 2.05) is 26.0 Å². The van der Waals surface area contributed by atoms with E-state index in [2.05, 4.69) is 5.32 Å². The van der Waals surface area contributed by atoms with Gasteiger partial charge in [0.2, 0.25) is 0 Å². The summed E-state index contributed by atoms with van der Waals surface area (Å²) in [5.74, 6) is 0.258. The first kappa shape index (κ1) is 14.9. The summed E-state index contributed by atoms with van der Waals surface area (Å²) in [6, 6.07) is 5.33. The number of fused-ring (bicyclic) bond motifs is 1. The topological polar surface area (TPSA) is 58.6 Å². The Kier molecular flexibility index (Phi) is 4.65. The van der Waals surface area contributed by atoms with Crippen LogP contribution >= 0.6 is 0 Å². The van der Waals surface area contributed by atoms with Gasteiger partial charge in [-0.05, 0) is 48.4 Å². The number of aryl methyl sites for hydroxylation is 1. The predicted molar refractivity (Wildman–Crippen MR) is 77.6 cm³/mol. The molecule has 110 valence electrons. The number of esters is 1. The standard InChI is InChI=1S/C16H23NO3/c1-10(2)15(16(19)20-3)17-14-6-4-5-11-9-12(18)7-8-13(11)14/h7-10,14-15,17-18H,4-6H2,1-3H3/t14?,15-/m0/s1. The van der Waals surface area contributed by atoms with Crippen molar-refractivity contribution in [2.75, 3.05) is 7.11 Å². The van der Waals surface area contributed by atoms with Crippen molar-refractivity contribution in [2.45, 2.75) is 45.2 Å². The molecule has 0 saturated carbocycles. The van der Waals surface area contributed by atoms with Crippen LogP contribution in [0, 0.1) is 5.92 Å². The van der Waals surface area contributed by atoms with E-state index in [9.17, 15) is 9.90 Å². The molecule has 4 heteroatoms. The molecule has 20 heavy (non-hydrogen) atoms. The van der Waals surface area contributed by atoms with Gasteiger partial charge in [-0.1, -0.05) is 19.9 Å². The van der Waals surface area contributed by atoms with E-state index < -0.39 is 0 Å². The normalized spacial score (nSPS) is 19.5. The van der Waals surface area contributed by atoms with E-state index in [0.29, 0.717) is 5.75 Å². The quantitative estimate of drug-likeness (QED) is 0.830. The lowest BCUT2D eigenvalue weighted by atomic mass is 9.86. The molecule has 1 aromatic carbocycles. The Morgan fingerprint density at radius 1 is 1.45 bits per heavy atom. The molecule has 0 heterocycles. The number of phenols is 1. The van der Waals surface area contributed by atoms with Crippen LogP contribution in [-0.4, -0.2) is 24.2 Å². The second kappa shape index (κ2) is 6.27. The van der Waals surface area contributed by atoms with E-state index in [0.717, 1.165) is 19.3 Å². The highest BCUT2D eigenvalue weighted by atomic mass is 16.5. The Bertz CT molecular complexity index is 485. The van der Waals surface area contributed by atoms with Gasteiger partial charge in [0, 0.05) is 6.04 Å². The van der Waals surface area contributed by atoms with Gasteiger partial charge < -0.3 is 9.84 Å². The van der Waals surface area contributed by atoms with E-state index >= 15 is 0 Å². The van der Waals surface area contributed by atoms with Gasteiger partial charge in [0.25, 0.3) is 0 Å². The largest absolute Gasteiger partial charge is 0.508 e. The molecule has 0 amide bonds. The monoisotopic (exact) mass is 277 g/mol. The summed E-state index contributed by atoms with van der Waals surface area (Å²) in [7, 11) is 1.42. The summed E-state index contributed by atoms with van der Waals surface area (Å²) >= 11 is 0. The summed E-state index contributed by atoms with van der Waals surface area (Å²) in [5, 5.41) is 13.0. The number of ether oxygens (including phenoxy) is 1. The van der Waals surface area contributed by atoms with Crippen molar-refractivity contribution in [3.05, 3.63) is 29.3 Å². The molecule has 0 spiro atoms. The molecule has 0 aromatic heterocycles. The SMILES string of the molecule is COC(=O)[C@@H](NC1CCCc2cc(O)ccc21)C(C)C. The van der Waals surface area contributed by atoms with Crippen molar-refractivity contribution < 1.29 is 14.6 Å². The van der Waals surface area contributed by atoms with Crippen LogP contribution in [0.1, 0.15) is 43.9 Å². The minimum Gasteiger partial charge on any atom is -0.508 e. The van der Waals surface area contributed by atoms with Gasteiger partial charge >= 0.3 is 5.97 Å². The zero-order valence-electron chi connectivity index (χ0n) is 12.3. The Morgan fingerprint density at radius 3 is 2.85 bits per heavy atom. The van der Waals surface area contributed by atoms with Gasteiger partial charge in [-0.2, -0.15) is 0 Å². The number of methoxy groups -OCH3 is 1. The van der Waals surface area contributed by atoms with Crippen molar-refractivity contribution >= 4 is 5.97 Å². The zero-order valence-corrected chi connectivity index (χ0v) is 12.3. The summed E-state index contributed by atoms with van der Waals surface area (Å²) < 4.78 is 4.88. The number of nitrogens with one attached hydrogen (secondary N) is 1. The third kappa shape index (κ3) is 3.12. The maximum Gasteiger partial charge on any atom is 0.323 e. The lowest BCUT2D eigenvalue weighted by Crippen LogP contribution is -2.44. The van der Waals surface area contributed by atoms with Crippen molar-refractivity contribution in [3.8, 4) is 5.75 Å². The van der Waals surface area contributed by atoms with Crippen LogP contribution in [0.3, 0.4) is 0 Å². The number of benzene rings is 1. The number of hydrogen-bond acceptors (Lipinski definition) is 4. The van der Waals surface area contributed by atoms with Gasteiger partial charge in [-0.3, -0.25) is 10.1 Å². The van der Waals surface area contributed by atoms with Crippen molar-refractivity contribution in [2.24, 2.45) is 5.92 Å². The van der Waals surface area contributed by atoms with Crippen LogP contribution in [0.25, 0.3) is 0 Å². The maximum atomic E-state index is 11.9. The molecule has 0 fully saturated rings. The number of aromatic hydroxyl groups is 1. The first-order valence-electron chi connectivity index (χ1n) is 7.18. The minimum atomic E-state index is -0.301. The molecule has 2 rings (SSSR count). The van der Waals surface area contributed by atoms with Crippen molar-refractivity contribution in [3.63, 3.8) is 0 Å². The summed E-state index contributed by atoms with van der Waals surface area (Å²) in [4.78, 5) is 11.9. The van der Waals surface area contributed by atoms with Gasteiger partial charge in [-0.25, -0.2) is 0 Å². The Labute approximate surface area is 120 Å². The molecule has 1 aliphatic rings. The molecule has 1 aromatic rings. The smallest absolute Gasteiger partial charge is 0.323 e. The fourth-order valence-corrected chi connectivity index (χ4v) is 2.85. The molecular weight excluding hydrogens is 254 g/mol. The number of carbonyl (C=O) groups excluding carboxylic acids is 1. The third-order valence-corrected chi connectivity index (χ3v) is 3.94. The predicted octanol–water partition coefficient (Wildman–Crippen LogP) is 2.56. The number of rotatable bonds is 4. The Morgan fingerprint density at radius 2 is 2.20 bits per heavy atom. The first-order valence-corrected chi connectivity index (χ1v) is 7.18. The van der Waals surface area contributed by atoms with E-state index in [1.54, 1.807) is 6.07 Å². The minimum absolute atomic E-state index is 0.144. The number of phenolic OH excluding ortho intramolecular Hbond substituents is 1. The average molecular weight is 277 g/mol. The highest BCUT2D eigenvalue weighted by Crippen LogP contribution is 2.32. The van der Waals surface area contributed by atoms with E-state index in [-0.39, 0.29) is 24.0 Å². The Balaban J connectivity index is 2.20. The number of carbonyl (C=O) groups is 1. The highest BCUT2D eigenvalue weighted by molar-refractivity contribution is 5.76. The van der Waals surface area contributed by atoms with Gasteiger partial charge in [0.15, 0.2) is 0 Å². The van der Waals surface area contributed by atoms with Crippen LogP contribution in [-0.2, 0) is 16.0 Å². The maximum absolute atomic E-state index is 11.9. The van der Waals surface area contributed by atoms with Crippen LogP contribution < -0.4 is 5.32 Å². The molecule has 4 nitrogen and oxygen atoms in total. The van der Waals surface area contributed by atoms with Gasteiger partial charge in [-0.15, -0.1) is 0 Å². The van der Waals surface area contributed by atoms with Gasteiger partial charge in [0.05, 0.1) is 7.11 Å². The first-order chi connectivity index (χ1) is 9.52. The molecule has 1 aliphatic carbocycles. The summed E-state index contributed by atoms with van der Waals surface area (Å²) in [6.07, 6.45) is 3.03. The molecule has 0 saturated heterocycles. The van der Waals surface area contributed by atoms with Crippen molar-refractivity contribution in [1.29, 1.82) is 0 Å². The van der Waals surface area contributed by atoms with E-state index in [4.69, 9.17) is 4.74 Å². The van der Waals surface area contributed by atoms with E-state index in [1.165, 1.54) is 18.2 Å². The second-order valence-electron chi connectivity index (χ2n) is 5.74. The molecule has 2 N–H and O–H groups in total. The van der Waals surface area contributed by atoms with Crippen LogP contribution in [0.2, 0.25) is 0 Å². The number of hydrogen-bond donors (Lipinski definition) is 2. The zero-order chi connectivity index (χ0) is 14.7. The third-order valence-electron chi connectivity index (χ3n) is 3.94. The fraction of sp³-hybridized carbons (Fsp3) is 0.562. The van der Waals surface area contributed by atoms with Crippen LogP contribution in [0.4, 0.5) is 0 Å². The lowest BCUT2D eigenvalue weighted by molar-refractivity contribution is -0.144. The van der Waals surface area contributed by atoms with Gasteiger partial charge in [0.1, 0.15) is 11.8 Å². The summed E-state index contributed by atoms with van der Waals surface area (Å²) in [6.45, 7) is 4.02. The van der Waals surface area contributed by atoms with Crippen molar-refractivity contribution in [1.82, 2.24) is 5.32 Å². The molecule has 2 atom stereocenters. The molecule has 0 radical (unpaired) electrons. The molecule has 0 bridgehead atoms. The van der Waals surface area contributed by atoms with Crippen LogP contribution in [0.15, 0.2) is 18.2 Å². The van der Waals surface area contributed by atoms with Crippen LogP contribution in [0.5, 0.6) is 5.75 Å². The molecule has 1 unspecified atom stereocenters. The highest BCUT2D eigenvalue weighted by Gasteiger charge is 2.29. The molecule has 0 aliphatic heterocycles.